The monoisotopic (exact) mass is 378 g/mol. The lowest BCUT2D eigenvalue weighted by Gasteiger charge is -2.41. The molecule has 0 spiro atoms. The number of halogens is 4. The van der Waals surface area contributed by atoms with Gasteiger partial charge in [0.05, 0.1) is 5.60 Å². The van der Waals surface area contributed by atoms with Gasteiger partial charge in [0.25, 0.3) is 0 Å². The molecule has 0 aromatic rings. The van der Waals surface area contributed by atoms with Crippen molar-refractivity contribution in [3.63, 3.8) is 0 Å². The minimum absolute atomic E-state index is 0.556. The maximum absolute atomic E-state index is 12.6. The lowest BCUT2D eigenvalue weighted by atomic mass is 9.78. The summed E-state index contributed by atoms with van der Waals surface area (Å²) in [5, 5.41) is 0. The third-order valence-electron chi connectivity index (χ3n) is 3.84. The highest BCUT2D eigenvalue weighted by Gasteiger charge is 2.44. The summed E-state index contributed by atoms with van der Waals surface area (Å²) in [6.45, 7) is 3.27. The van der Waals surface area contributed by atoms with Gasteiger partial charge in [-0.25, -0.2) is 0 Å². The van der Waals surface area contributed by atoms with Gasteiger partial charge < -0.3 is 4.74 Å². The smallest absolute Gasteiger partial charge is 0.362 e. The molecule has 1 unspecified atom stereocenters. The predicted molar refractivity (Wildman–Crippen MR) is 75.1 cm³/mol. The molecule has 108 valence electrons. The highest BCUT2D eigenvalue weighted by atomic mass is 127. The van der Waals surface area contributed by atoms with Gasteiger partial charge in [0.15, 0.2) is 6.10 Å². The largest absolute Gasteiger partial charge is 0.414 e. The molecule has 1 aliphatic carbocycles. The van der Waals surface area contributed by atoms with Gasteiger partial charge in [0.2, 0.25) is 0 Å². The van der Waals surface area contributed by atoms with E-state index in [0.29, 0.717) is 10.3 Å². The van der Waals surface area contributed by atoms with Crippen molar-refractivity contribution in [3.8, 4) is 0 Å². The standard InChI is InChI=1S/C13H22F3IO/c1-3-4-11-5-7-12(9-17,8-6-11)18-10(2)13(14,15)16/h10-11H,3-9H2,1-2H3. The van der Waals surface area contributed by atoms with Crippen LogP contribution in [0.3, 0.4) is 0 Å². The summed E-state index contributed by atoms with van der Waals surface area (Å²) in [4.78, 5) is 0. The number of hydrogen-bond donors (Lipinski definition) is 0. The van der Waals surface area contributed by atoms with Crippen molar-refractivity contribution in [3.05, 3.63) is 0 Å². The van der Waals surface area contributed by atoms with E-state index in [0.717, 1.165) is 39.0 Å². The minimum Gasteiger partial charge on any atom is -0.362 e. The van der Waals surface area contributed by atoms with Gasteiger partial charge in [-0.15, -0.1) is 0 Å². The molecule has 0 aromatic carbocycles. The van der Waals surface area contributed by atoms with Crippen LogP contribution >= 0.6 is 22.6 Å². The lowest BCUT2D eigenvalue weighted by molar-refractivity contribution is -0.248. The normalized spacial score (nSPS) is 31.3. The van der Waals surface area contributed by atoms with Crippen LogP contribution in [0.5, 0.6) is 0 Å². The van der Waals surface area contributed by atoms with E-state index in [9.17, 15) is 13.2 Å². The first-order chi connectivity index (χ1) is 8.33. The van der Waals surface area contributed by atoms with E-state index in [-0.39, 0.29) is 0 Å². The van der Waals surface area contributed by atoms with Crippen LogP contribution in [-0.4, -0.2) is 22.3 Å². The zero-order chi connectivity index (χ0) is 13.8. The van der Waals surface area contributed by atoms with Crippen molar-refractivity contribution in [2.45, 2.75) is 70.3 Å². The number of ether oxygens (including phenoxy) is 1. The lowest BCUT2D eigenvalue weighted by Crippen LogP contribution is -2.45. The van der Waals surface area contributed by atoms with Gasteiger partial charge in [-0.3, -0.25) is 0 Å². The molecule has 0 bridgehead atoms. The maximum atomic E-state index is 12.6. The van der Waals surface area contributed by atoms with Gasteiger partial charge in [-0.05, 0) is 38.5 Å². The average Bonchev–Trinajstić information content (AvgIpc) is 2.31. The first-order valence-corrected chi connectivity index (χ1v) is 8.16. The fourth-order valence-electron chi connectivity index (χ4n) is 2.63. The first-order valence-electron chi connectivity index (χ1n) is 6.63. The molecule has 0 aromatic heterocycles. The Morgan fingerprint density at radius 1 is 1.33 bits per heavy atom. The molecule has 0 saturated heterocycles. The molecule has 0 aliphatic heterocycles. The van der Waals surface area contributed by atoms with Crippen molar-refractivity contribution in [1.82, 2.24) is 0 Å². The van der Waals surface area contributed by atoms with E-state index in [1.54, 1.807) is 0 Å². The Kier molecular flexibility index (Phi) is 6.22. The van der Waals surface area contributed by atoms with Crippen LogP contribution < -0.4 is 0 Å². The van der Waals surface area contributed by atoms with Crippen LogP contribution in [0.1, 0.15) is 52.4 Å². The Morgan fingerprint density at radius 3 is 2.28 bits per heavy atom. The molecular formula is C13H22F3IO. The fraction of sp³-hybridized carbons (Fsp3) is 1.00. The molecule has 0 heterocycles. The molecule has 1 nitrogen and oxygen atoms in total. The van der Waals surface area contributed by atoms with Crippen molar-refractivity contribution in [1.29, 1.82) is 0 Å². The molecule has 5 heteroatoms. The first kappa shape index (κ1) is 16.5. The number of alkyl halides is 4. The SMILES string of the molecule is CCCC1CCC(CI)(OC(C)C(F)(F)F)CC1. The van der Waals surface area contributed by atoms with Gasteiger partial charge in [-0.2, -0.15) is 13.2 Å². The molecule has 1 atom stereocenters. The van der Waals surface area contributed by atoms with Gasteiger partial charge in [-0.1, -0.05) is 42.4 Å². The van der Waals surface area contributed by atoms with Gasteiger partial charge >= 0.3 is 6.18 Å². The third-order valence-corrected chi connectivity index (χ3v) is 5.23. The van der Waals surface area contributed by atoms with E-state index >= 15 is 0 Å². The summed E-state index contributed by atoms with van der Waals surface area (Å²) in [6, 6.07) is 0. The predicted octanol–water partition coefficient (Wildman–Crippen LogP) is 5.12. The van der Waals surface area contributed by atoms with Crippen LogP contribution in [0.25, 0.3) is 0 Å². The second-order valence-corrected chi connectivity index (χ2v) is 6.11. The summed E-state index contributed by atoms with van der Waals surface area (Å²) in [7, 11) is 0. The Bertz CT molecular complexity index is 247. The summed E-state index contributed by atoms with van der Waals surface area (Å²) in [6.07, 6.45) is -0.0346. The van der Waals surface area contributed by atoms with Crippen molar-refractivity contribution in [2.24, 2.45) is 5.92 Å². The average molecular weight is 378 g/mol. The fourth-order valence-corrected chi connectivity index (χ4v) is 3.57. The zero-order valence-corrected chi connectivity index (χ0v) is 13.2. The van der Waals surface area contributed by atoms with Gasteiger partial charge in [0, 0.05) is 4.43 Å². The summed E-state index contributed by atoms with van der Waals surface area (Å²) in [5.74, 6) is 0.677. The highest BCUT2D eigenvalue weighted by Crippen LogP contribution is 2.40. The molecule has 0 N–H and O–H groups in total. The third kappa shape index (κ3) is 4.54. The summed E-state index contributed by atoms with van der Waals surface area (Å²) >= 11 is 2.16. The second-order valence-electron chi connectivity index (χ2n) is 5.35. The van der Waals surface area contributed by atoms with E-state index in [2.05, 4.69) is 29.5 Å². The molecule has 1 fully saturated rings. The Hall–Kier alpha value is 0.480. The van der Waals surface area contributed by atoms with E-state index in [4.69, 9.17) is 4.74 Å². The minimum atomic E-state index is -4.25. The van der Waals surface area contributed by atoms with E-state index in [1.165, 1.54) is 6.42 Å². The molecule has 1 saturated carbocycles. The second kappa shape index (κ2) is 6.77. The van der Waals surface area contributed by atoms with E-state index < -0.39 is 17.9 Å². The maximum Gasteiger partial charge on any atom is 0.414 e. The topological polar surface area (TPSA) is 9.23 Å². The van der Waals surface area contributed by atoms with Crippen molar-refractivity contribution in [2.75, 3.05) is 4.43 Å². The van der Waals surface area contributed by atoms with Crippen LogP contribution in [0, 0.1) is 5.92 Å². The zero-order valence-electron chi connectivity index (χ0n) is 11.0. The molecule has 0 amide bonds. The van der Waals surface area contributed by atoms with Crippen molar-refractivity contribution < 1.29 is 17.9 Å². The summed E-state index contributed by atoms with van der Waals surface area (Å²) < 4.78 is 43.8. The Labute approximate surface area is 121 Å². The molecular weight excluding hydrogens is 356 g/mol. The Morgan fingerprint density at radius 2 is 1.89 bits per heavy atom. The van der Waals surface area contributed by atoms with E-state index in [1.807, 2.05) is 0 Å². The molecule has 0 radical (unpaired) electrons. The molecule has 1 aliphatic rings. The van der Waals surface area contributed by atoms with Gasteiger partial charge in [0.1, 0.15) is 0 Å². The summed E-state index contributed by atoms with van der Waals surface area (Å²) in [5.41, 5.74) is -0.556. The highest BCUT2D eigenvalue weighted by molar-refractivity contribution is 14.1. The van der Waals surface area contributed by atoms with Crippen LogP contribution in [-0.2, 0) is 4.74 Å². The van der Waals surface area contributed by atoms with Crippen LogP contribution in [0.2, 0.25) is 0 Å². The molecule has 18 heavy (non-hydrogen) atoms. The van der Waals surface area contributed by atoms with Crippen LogP contribution in [0.4, 0.5) is 13.2 Å². The quantitative estimate of drug-likeness (QED) is 0.477. The van der Waals surface area contributed by atoms with Crippen LogP contribution in [0.15, 0.2) is 0 Å². The number of hydrogen-bond acceptors (Lipinski definition) is 1. The number of rotatable bonds is 5. The van der Waals surface area contributed by atoms with Crippen molar-refractivity contribution >= 4 is 22.6 Å². The molecule has 1 rings (SSSR count). The Balaban J connectivity index is 2.55.